The molecular formula is C18H26N4O2. The first kappa shape index (κ1) is 16.6. The van der Waals surface area contributed by atoms with Crippen LogP contribution in [0, 0.1) is 11.8 Å². The fraction of sp³-hybridized carbons (Fsp3) is 0.556. The first-order chi connectivity index (χ1) is 11.5. The molecule has 2 atom stereocenters. The summed E-state index contributed by atoms with van der Waals surface area (Å²) in [6.07, 6.45) is 1.17. The molecule has 1 aromatic rings. The molecule has 2 N–H and O–H groups in total. The lowest BCUT2D eigenvalue weighted by Crippen LogP contribution is -2.44. The average molecular weight is 330 g/mol. The van der Waals surface area contributed by atoms with Gasteiger partial charge in [-0.15, -0.1) is 0 Å². The average Bonchev–Trinajstić information content (AvgIpc) is 2.93. The van der Waals surface area contributed by atoms with Crippen molar-refractivity contribution >= 4 is 17.7 Å². The highest BCUT2D eigenvalue weighted by Crippen LogP contribution is 2.23. The van der Waals surface area contributed by atoms with Crippen molar-refractivity contribution in [3.63, 3.8) is 0 Å². The number of nitrogens with one attached hydrogen (secondary N) is 2. The van der Waals surface area contributed by atoms with Crippen LogP contribution in [0.1, 0.15) is 25.8 Å². The molecule has 0 bridgehead atoms. The van der Waals surface area contributed by atoms with Crippen molar-refractivity contribution in [1.82, 2.24) is 15.1 Å². The molecule has 0 spiro atoms. The van der Waals surface area contributed by atoms with Gasteiger partial charge in [-0.25, -0.2) is 9.59 Å². The van der Waals surface area contributed by atoms with Crippen molar-refractivity contribution in [1.29, 1.82) is 0 Å². The third-order valence-corrected chi connectivity index (χ3v) is 4.72. The predicted octanol–water partition coefficient (Wildman–Crippen LogP) is 2.72. The number of nitrogens with zero attached hydrogens (tertiary/aromatic N) is 2. The second-order valence-corrected chi connectivity index (χ2v) is 7.09. The van der Waals surface area contributed by atoms with Gasteiger partial charge < -0.3 is 20.4 Å². The molecule has 2 saturated heterocycles. The molecule has 6 nitrogen and oxygen atoms in total. The van der Waals surface area contributed by atoms with Gasteiger partial charge in [0.05, 0.1) is 0 Å². The summed E-state index contributed by atoms with van der Waals surface area (Å²) in [4.78, 5) is 28.0. The summed E-state index contributed by atoms with van der Waals surface area (Å²) >= 11 is 0. The number of hydrogen-bond donors (Lipinski definition) is 2. The van der Waals surface area contributed by atoms with Gasteiger partial charge in [0.25, 0.3) is 0 Å². The standard InChI is InChI=1S/C18H26N4O2/c1-13-9-14(2)11-22(10-13)18(24)20-16-6-4-3-5-15(16)12-21-8-7-19-17(21)23/h3-6,13-14H,7-12H2,1-2H3,(H,19,23)(H,20,24)/t13-,14-/m0/s1. The van der Waals surface area contributed by atoms with Crippen LogP contribution in [-0.4, -0.2) is 48.0 Å². The van der Waals surface area contributed by atoms with E-state index >= 15 is 0 Å². The Labute approximate surface area is 143 Å². The Bertz CT molecular complexity index is 609. The number of para-hydroxylation sites is 1. The van der Waals surface area contributed by atoms with E-state index in [1.54, 1.807) is 4.90 Å². The minimum absolute atomic E-state index is 0.0465. The van der Waals surface area contributed by atoms with E-state index in [-0.39, 0.29) is 12.1 Å². The smallest absolute Gasteiger partial charge is 0.321 e. The van der Waals surface area contributed by atoms with Gasteiger partial charge in [0, 0.05) is 38.4 Å². The lowest BCUT2D eigenvalue weighted by atomic mass is 9.92. The third kappa shape index (κ3) is 3.80. The van der Waals surface area contributed by atoms with Gasteiger partial charge in [-0.2, -0.15) is 0 Å². The van der Waals surface area contributed by atoms with E-state index in [4.69, 9.17) is 0 Å². The number of piperidine rings is 1. The molecule has 2 aliphatic heterocycles. The van der Waals surface area contributed by atoms with E-state index in [1.165, 1.54) is 6.42 Å². The zero-order valence-electron chi connectivity index (χ0n) is 14.4. The van der Waals surface area contributed by atoms with Gasteiger partial charge in [0.15, 0.2) is 0 Å². The molecule has 0 unspecified atom stereocenters. The molecule has 0 saturated carbocycles. The van der Waals surface area contributed by atoms with Crippen LogP contribution in [0.4, 0.5) is 15.3 Å². The normalized spacial score (nSPS) is 24.0. The quantitative estimate of drug-likeness (QED) is 0.895. The predicted molar refractivity (Wildman–Crippen MR) is 93.8 cm³/mol. The maximum absolute atomic E-state index is 12.6. The molecule has 1 aromatic carbocycles. The van der Waals surface area contributed by atoms with Crippen LogP contribution in [0.25, 0.3) is 0 Å². The van der Waals surface area contributed by atoms with Crippen LogP contribution >= 0.6 is 0 Å². The Kier molecular flexibility index (Phi) is 4.92. The minimum Gasteiger partial charge on any atom is -0.336 e. The number of amides is 4. The number of hydrogen-bond acceptors (Lipinski definition) is 2. The molecule has 2 fully saturated rings. The van der Waals surface area contributed by atoms with Crippen molar-refractivity contribution in [2.75, 3.05) is 31.5 Å². The topological polar surface area (TPSA) is 64.7 Å². The molecule has 3 rings (SSSR count). The Morgan fingerprint density at radius 2 is 1.96 bits per heavy atom. The largest absolute Gasteiger partial charge is 0.336 e. The van der Waals surface area contributed by atoms with Crippen LogP contribution < -0.4 is 10.6 Å². The lowest BCUT2D eigenvalue weighted by molar-refractivity contribution is 0.156. The molecular weight excluding hydrogens is 304 g/mol. The fourth-order valence-electron chi connectivity index (χ4n) is 3.67. The first-order valence-corrected chi connectivity index (χ1v) is 8.69. The van der Waals surface area contributed by atoms with Crippen molar-refractivity contribution in [3.05, 3.63) is 29.8 Å². The number of carbonyl (C=O) groups is 2. The highest BCUT2D eigenvalue weighted by molar-refractivity contribution is 5.90. The van der Waals surface area contributed by atoms with Crippen molar-refractivity contribution in [2.24, 2.45) is 11.8 Å². The Morgan fingerprint density at radius 1 is 1.25 bits per heavy atom. The van der Waals surface area contributed by atoms with Crippen LogP contribution in [0.5, 0.6) is 0 Å². The minimum atomic E-state index is -0.0493. The van der Waals surface area contributed by atoms with Crippen LogP contribution in [0.2, 0.25) is 0 Å². The Hall–Kier alpha value is -2.24. The zero-order chi connectivity index (χ0) is 17.1. The molecule has 6 heteroatoms. The molecule has 130 valence electrons. The number of urea groups is 2. The number of benzene rings is 1. The highest BCUT2D eigenvalue weighted by atomic mass is 16.2. The van der Waals surface area contributed by atoms with Gasteiger partial charge in [-0.1, -0.05) is 32.0 Å². The van der Waals surface area contributed by atoms with Gasteiger partial charge in [-0.3, -0.25) is 0 Å². The lowest BCUT2D eigenvalue weighted by Gasteiger charge is -2.35. The third-order valence-electron chi connectivity index (χ3n) is 4.72. The van der Waals surface area contributed by atoms with Gasteiger partial charge in [-0.05, 0) is 29.9 Å². The summed E-state index contributed by atoms with van der Waals surface area (Å²) in [7, 11) is 0. The van der Waals surface area contributed by atoms with E-state index in [0.717, 1.165) is 24.3 Å². The molecule has 24 heavy (non-hydrogen) atoms. The van der Waals surface area contributed by atoms with Gasteiger partial charge in [0.1, 0.15) is 0 Å². The molecule has 2 heterocycles. The van der Waals surface area contributed by atoms with Gasteiger partial charge in [0.2, 0.25) is 0 Å². The number of likely N-dealkylation sites (tertiary alicyclic amines) is 1. The Balaban J connectivity index is 1.68. The fourth-order valence-corrected chi connectivity index (χ4v) is 3.67. The first-order valence-electron chi connectivity index (χ1n) is 8.69. The summed E-state index contributed by atoms with van der Waals surface area (Å²) in [5.41, 5.74) is 1.74. The SMILES string of the molecule is C[C@H]1C[C@H](C)CN(C(=O)Nc2ccccc2CN2CCNC2=O)C1. The Morgan fingerprint density at radius 3 is 2.62 bits per heavy atom. The van der Waals surface area contributed by atoms with Crippen LogP contribution in [0.3, 0.4) is 0 Å². The van der Waals surface area contributed by atoms with E-state index in [1.807, 2.05) is 29.2 Å². The number of carbonyl (C=O) groups excluding carboxylic acids is 2. The van der Waals surface area contributed by atoms with Crippen LogP contribution in [-0.2, 0) is 6.54 Å². The molecule has 0 aromatic heterocycles. The van der Waals surface area contributed by atoms with E-state index in [0.29, 0.717) is 31.5 Å². The number of anilines is 1. The molecule has 0 aliphatic carbocycles. The van der Waals surface area contributed by atoms with Crippen molar-refractivity contribution < 1.29 is 9.59 Å². The second-order valence-electron chi connectivity index (χ2n) is 7.09. The van der Waals surface area contributed by atoms with E-state index in [2.05, 4.69) is 24.5 Å². The van der Waals surface area contributed by atoms with E-state index in [9.17, 15) is 9.59 Å². The summed E-state index contributed by atoms with van der Waals surface area (Å²) in [6, 6.07) is 7.61. The monoisotopic (exact) mass is 330 g/mol. The molecule has 4 amide bonds. The van der Waals surface area contributed by atoms with Gasteiger partial charge >= 0.3 is 12.1 Å². The summed E-state index contributed by atoms with van der Waals surface area (Å²) in [5.74, 6) is 1.06. The molecule has 2 aliphatic rings. The van der Waals surface area contributed by atoms with Crippen molar-refractivity contribution in [2.45, 2.75) is 26.8 Å². The highest BCUT2D eigenvalue weighted by Gasteiger charge is 2.26. The van der Waals surface area contributed by atoms with Crippen molar-refractivity contribution in [3.8, 4) is 0 Å². The maximum atomic E-state index is 12.6. The maximum Gasteiger partial charge on any atom is 0.321 e. The molecule has 0 radical (unpaired) electrons. The van der Waals surface area contributed by atoms with Crippen LogP contribution in [0.15, 0.2) is 24.3 Å². The summed E-state index contributed by atoms with van der Waals surface area (Å²) in [5, 5.41) is 5.84. The second kappa shape index (κ2) is 7.11. The summed E-state index contributed by atoms with van der Waals surface area (Å²) < 4.78 is 0. The van der Waals surface area contributed by atoms with E-state index < -0.39 is 0 Å². The number of rotatable bonds is 3. The summed E-state index contributed by atoms with van der Waals surface area (Å²) in [6.45, 7) is 7.86. The zero-order valence-corrected chi connectivity index (χ0v) is 14.4.